The lowest BCUT2D eigenvalue weighted by Gasteiger charge is -2.27. The molecule has 0 saturated carbocycles. The fourth-order valence-electron chi connectivity index (χ4n) is 3.29. The van der Waals surface area contributed by atoms with E-state index in [2.05, 4.69) is 23.7 Å². The number of anilines is 1. The van der Waals surface area contributed by atoms with Crippen LogP contribution in [0.2, 0.25) is 5.02 Å². The van der Waals surface area contributed by atoms with Gasteiger partial charge in [-0.2, -0.15) is 0 Å². The minimum absolute atomic E-state index is 0. The standard InChI is InChI=1S/C21H23ClFN3O.ClH/c1-3-25(4-2)11-12-26-19-10-9-15(22)13-17(19)21(24-14-20(26)27)16-7-5-6-8-18(16)23;/h5-10,13H,3-4,11-12,14H2,1-2H3;1H. The number of likely N-dealkylation sites (N-methyl/N-ethyl adjacent to an activating group) is 1. The molecule has 1 aliphatic rings. The molecule has 0 aromatic heterocycles. The maximum atomic E-state index is 14.4. The quantitative estimate of drug-likeness (QED) is 0.688. The van der Waals surface area contributed by atoms with Gasteiger partial charge in [-0.05, 0) is 43.4 Å². The molecule has 1 heterocycles. The summed E-state index contributed by atoms with van der Waals surface area (Å²) in [6.45, 7) is 7.33. The Balaban J connectivity index is 0.00000280. The van der Waals surface area contributed by atoms with Crippen molar-refractivity contribution in [1.29, 1.82) is 0 Å². The summed E-state index contributed by atoms with van der Waals surface area (Å²) in [5.41, 5.74) is 2.23. The summed E-state index contributed by atoms with van der Waals surface area (Å²) in [6.07, 6.45) is 0. The fourth-order valence-corrected chi connectivity index (χ4v) is 3.47. The average Bonchev–Trinajstić information content (AvgIpc) is 2.80. The number of aliphatic imine (C=N–C) groups is 1. The van der Waals surface area contributed by atoms with Crippen LogP contribution in [0.25, 0.3) is 0 Å². The second kappa shape index (κ2) is 10.0. The first-order valence-corrected chi connectivity index (χ1v) is 9.55. The molecule has 0 unspecified atom stereocenters. The minimum Gasteiger partial charge on any atom is -0.309 e. The molecule has 150 valence electrons. The third-order valence-electron chi connectivity index (χ3n) is 4.84. The molecule has 0 fully saturated rings. The first-order valence-electron chi connectivity index (χ1n) is 9.17. The second-order valence-electron chi connectivity index (χ2n) is 6.38. The van der Waals surface area contributed by atoms with Crippen LogP contribution in [0.4, 0.5) is 10.1 Å². The number of halogens is 3. The van der Waals surface area contributed by atoms with E-state index >= 15 is 0 Å². The molecule has 2 aromatic rings. The summed E-state index contributed by atoms with van der Waals surface area (Å²) in [7, 11) is 0. The predicted octanol–water partition coefficient (Wildman–Crippen LogP) is 4.43. The molecular weight excluding hydrogens is 400 g/mol. The number of nitrogens with zero attached hydrogens (tertiary/aromatic N) is 3. The molecule has 2 aromatic carbocycles. The smallest absolute Gasteiger partial charge is 0.248 e. The normalized spacial score (nSPS) is 13.7. The van der Waals surface area contributed by atoms with E-state index in [-0.39, 0.29) is 30.7 Å². The lowest BCUT2D eigenvalue weighted by Crippen LogP contribution is -2.39. The molecular formula is C21H24Cl2FN3O. The van der Waals surface area contributed by atoms with E-state index < -0.39 is 0 Å². The summed E-state index contributed by atoms with van der Waals surface area (Å²) in [4.78, 5) is 21.2. The Bertz CT molecular complexity index is 868. The Morgan fingerprint density at radius 2 is 1.86 bits per heavy atom. The number of hydrogen-bond donors (Lipinski definition) is 0. The van der Waals surface area contributed by atoms with Crippen molar-refractivity contribution >= 4 is 41.3 Å². The van der Waals surface area contributed by atoms with Crippen LogP contribution in [0.5, 0.6) is 0 Å². The number of rotatable bonds is 6. The summed E-state index contributed by atoms with van der Waals surface area (Å²) in [6, 6.07) is 11.8. The maximum absolute atomic E-state index is 14.4. The Hall–Kier alpha value is -1.95. The van der Waals surface area contributed by atoms with Crippen LogP contribution in [-0.2, 0) is 4.79 Å². The van der Waals surface area contributed by atoms with Crippen LogP contribution >= 0.6 is 24.0 Å². The Kier molecular flexibility index (Phi) is 7.98. The van der Waals surface area contributed by atoms with E-state index in [1.165, 1.54) is 6.07 Å². The molecule has 3 rings (SSSR count). The molecule has 0 aliphatic carbocycles. The Labute approximate surface area is 176 Å². The number of amides is 1. The van der Waals surface area contributed by atoms with E-state index in [1.54, 1.807) is 35.2 Å². The monoisotopic (exact) mass is 423 g/mol. The van der Waals surface area contributed by atoms with Crippen molar-refractivity contribution in [3.8, 4) is 0 Å². The van der Waals surface area contributed by atoms with Crippen molar-refractivity contribution in [3.63, 3.8) is 0 Å². The number of benzene rings is 2. The molecule has 28 heavy (non-hydrogen) atoms. The van der Waals surface area contributed by atoms with E-state index in [0.29, 0.717) is 28.4 Å². The number of benzodiazepines with no additional fused rings is 1. The molecule has 1 amide bonds. The summed E-state index contributed by atoms with van der Waals surface area (Å²) >= 11 is 6.22. The zero-order valence-corrected chi connectivity index (χ0v) is 17.6. The van der Waals surface area contributed by atoms with Crippen molar-refractivity contribution in [2.45, 2.75) is 13.8 Å². The predicted molar refractivity (Wildman–Crippen MR) is 116 cm³/mol. The van der Waals surface area contributed by atoms with E-state index in [9.17, 15) is 9.18 Å². The van der Waals surface area contributed by atoms with E-state index in [1.807, 2.05) is 6.07 Å². The van der Waals surface area contributed by atoms with Gasteiger partial charge in [-0.15, -0.1) is 12.4 Å². The van der Waals surface area contributed by atoms with Gasteiger partial charge in [-0.25, -0.2) is 4.39 Å². The lowest BCUT2D eigenvalue weighted by atomic mass is 9.99. The maximum Gasteiger partial charge on any atom is 0.248 e. The Morgan fingerprint density at radius 3 is 2.54 bits per heavy atom. The molecule has 0 spiro atoms. The topological polar surface area (TPSA) is 35.9 Å². The molecule has 4 nitrogen and oxygen atoms in total. The SMILES string of the molecule is CCN(CC)CCN1C(=O)CN=C(c2ccccc2F)c2cc(Cl)ccc21.Cl. The third-order valence-corrected chi connectivity index (χ3v) is 5.08. The van der Waals surface area contributed by atoms with Crippen LogP contribution in [0.15, 0.2) is 47.5 Å². The molecule has 1 aliphatic heterocycles. The molecule has 0 atom stereocenters. The summed E-state index contributed by atoms with van der Waals surface area (Å²) in [5, 5.41) is 0.524. The zero-order chi connectivity index (χ0) is 19.4. The van der Waals surface area contributed by atoms with Crippen molar-refractivity contribution < 1.29 is 9.18 Å². The highest BCUT2D eigenvalue weighted by Crippen LogP contribution is 2.30. The highest BCUT2D eigenvalue weighted by molar-refractivity contribution is 6.32. The first-order chi connectivity index (χ1) is 13.0. The first kappa shape index (κ1) is 22.3. The van der Waals surface area contributed by atoms with Gasteiger partial charge in [0.2, 0.25) is 5.91 Å². The van der Waals surface area contributed by atoms with Crippen LogP contribution in [0, 0.1) is 5.82 Å². The number of fused-ring (bicyclic) bond motifs is 1. The van der Waals surface area contributed by atoms with Crippen molar-refractivity contribution in [2.24, 2.45) is 4.99 Å². The van der Waals surface area contributed by atoms with Gasteiger partial charge in [0.15, 0.2) is 0 Å². The highest BCUT2D eigenvalue weighted by Gasteiger charge is 2.26. The lowest BCUT2D eigenvalue weighted by molar-refractivity contribution is -0.117. The Morgan fingerprint density at radius 1 is 1.14 bits per heavy atom. The number of hydrogen-bond acceptors (Lipinski definition) is 3. The van der Waals surface area contributed by atoms with Gasteiger partial charge >= 0.3 is 0 Å². The number of carbonyl (C=O) groups is 1. The number of carbonyl (C=O) groups excluding carboxylic acids is 1. The summed E-state index contributed by atoms with van der Waals surface area (Å²) < 4.78 is 14.4. The average molecular weight is 424 g/mol. The minimum atomic E-state index is -0.369. The highest BCUT2D eigenvalue weighted by atomic mass is 35.5. The van der Waals surface area contributed by atoms with E-state index in [4.69, 9.17) is 11.6 Å². The van der Waals surface area contributed by atoms with Crippen molar-refractivity contribution in [3.05, 3.63) is 64.4 Å². The van der Waals surface area contributed by atoms with Crippen molar-refractivity contribution in [2.75, 3.05) is 37.6 Å². The molecule has 0 N–H and O–H groups in total. The van der Waals surface area contributed by atoms with Crippen LogP contribution < -0.4 is 4.90 Å². The van der Waals surface area contributed by atoms with Crippen molar-refractivity contribution in [1.82, 2.24) is 4.90 Å². The van der Waals surface area contributed by atoms with Gasteiger partial charge in [-0.3, -0.25) is 9.79 Å². The third kappa shape index (κ3) is 4.72. The molecule has 0 saturated heterocycles. The van der Waals surface area contributed by atoms with E-state index in [0.717, 1.165) is 25.3 Å². The largest absolute Gasteiger partial charge is 0.309 e. The van der Waals surface area contributed by atoms with Gasteiger partial charge in [0.25, 0.3) is 0 Å². The summed E-state index contributed by atoms with van der Waals surface area (Å²) in [5.74, 6) is -0.469. The van der Waals surface area contributed by atoms with Gasteiger partial charge in [-0.1, -0.05) is 37.6 Å². The van der Waals surface area contributed by atoms with Crippen LogP contribution in [0.3, 0.4) is 0 Å². The second-order valence-corrected chi connectivity index (χ2v) is 6.81. The van der Waals surface area contributed by atoms with Gasteiger partial charge < -0.3 is 9.80 Å². The fraction of sp³-hybridized carbons (Fsp3) is 0.333. The molecule has 7 heteroatoms. The zero-order valence-electron chi connectivity index (χ0n) is 16.0. The molecule has 0 radical (unpaired) electrons. The van der Waals surface area contributed by atoms with Gasteiger partial charge in [0.05, 0.1) is 11.4 Å². The van der Waals surface area contributed by atoms with Crippen LogP contribution in [-0.4, -0.2) is 49.2 Å². The van der Waals surface area contributed by atoms with Crippen LogP contribution in [0.1, 0.15) is 25.0 Å². The van der Waals surface area contributed by atoms with Gasteiger partial charge in [0, 0.05) is 29.2 Å². The molecule has 0 bridgehead atoms. The van der Waals surface area contributed by atoms with Gasteiger partial charge in [0.1, 0.15) is 12.4 Å².